The van der Waals surface area contributed by atoms with Crippen LogP contribution in [0.5, 0.6) is 5.75 Å². The third-order valence-electron chi connectivity index (χ3n) is 3.50. The Morgan fingerprint density at radius 2 is 1.92 bits per heavy atom. The van der Waals surface area contributed by atoms with E-state index in [1.54, 1.807) is 12.1 Å². The Hall–Kier alpha value is -1.76. The molecule has 2 aromatic rings. The largest absolute Gasteiger partial charge is 0.494 e. The van der Waals surface area contributed by atoms with E-state index in [0.717, 1.165) is 6.07 Å². The summed E-state index contributed by atoms with van der Waals surface area (Å²) in [5, 5.41) is 3.32. The lowest BCUT2D eigenvalue weighted by molar-refractivity contribution is 0.383. The molecule has 1 aliphatic heterocycles. The molecule has 0 saturated heterocycles. The Labute approximate surface area is 152 Å². The van der Waals surface area contributed by atoms with E-state index >= 15 is 0 Å². The zero-order chi connectivity index (χ0) is 17.4. The summed E-state index contributed by atoms with van der Waals surface area (Å²) in [5.74, 6) is -1.76. The number of benzene rings is 2. The molecule has 1 N–H and O–H groups in total. The molecule has 0 atom stereocenters. The maximum Gasteiger partial charge on any atom is 0.177 e. The molecule has 2 aromatic carbocycles. The van der Waals surface area contributed by atoms with Crippen LogP contribution in [0.15, 0.2) is 29.3 Å². The molecule has 0 unspecified atom stereocenters. The second kappa shape index (κ2) is 6.63. The average Bonchev–Trinajstić information content (AvgIpc) is 2.71. The van der Waals surface area contributed by atoms with Crippen molar-refractivity contribution in [2.45, 2.75) is 0 Å². The van der Waals surface area contributed by atoms with Gasteiger partial charge in [-0.1, -0.05) is 35.4 Å². The van der Waals surface area contributed by atoms with Gasteiger partial charge in [0.2, 0.25) is 0 Å². The summed E-state index contributed by atoms with van der Waals surface area (Å²) >= 11 is 17.5. The monoisotopic (exact) mass is 386 g/mol. The standard InChI is InChI=1S/C16H10Cl2F2N2OS/c1-23-10-5-3-8(19)12(15(10)20)16-13-9(22-11(24)6-21-16)4-2-7(17)14(13)18/h2-5H,6H2,1H3,(H,22,24). The maximum absolute atomic E-state index is 14.7. The number of nitrogens with one attached hydrogen (secondary N) is 1. The highest BCUT2D eigenvalue weighted by Gasteiger charge is 2.27. The van der Waals surface area contributed by atoms with Gasteiger partial charge < -0.3 is 10.1 Å². The maximum atomic E-state index is 14.7. The molecule has 0 aromatic heterocycles. The van der Waals surface area contributed by atoms with Crippen molar-refractivity contribution in [3.8, 4) is 5.75 Å². The number of benzodiazepines with no additional fused rings is 1. The van der Waals surface area contributed by atoms with Crippen molar-refractivity contribution in [3.63, 3.8) is 0 Å². The minimum Gasteiger partial charge on any atom is -0.494 e. The minimum atomic E-state index is -0.869. The number of methoxy groups -OCH3 is 1. The van der Waals surface area contributed by atoms with Gasteiger partial charge in [-0.15, -0.1) is 0 Å². The number of anilines is 1. The van der Waals surface area contributed by atoms with E-state index in [2.05, 4.69) is 10.3 Å². The van der Waals surface area contributed by atoms with Gasteiger partial charge in [0.15, 0.2) is 11.6 Å². The van der Waals surface area contributed by atoms with E-state index in [-0.39, 0.29) is 39.2 Å². The van der Waals surface area contributed by atoms with Gasteiger partial charge in [0, 0.05) is 11.3 Å². The number of fused-ring (bicyclic) bond motifs is 1. The lowest BCUT2D eigenvalue weighted by atomic mass is 9.99. The highest BCUT2D eigenvalue weighted by atomic mass is 35.5. The highest BCUT2D eigenvalue weighted by molar-refractivity contribution is 7.80. The first kappa shape index (κ1) is 17.1. The predicted octanol–water partition coefficient (Wildman–Crippen LogP) is 4.87. The van der Waals surface area contributed by atoms with Crippen molar-refractivity contribution in [2.24, 2.45) is 4.99 Å². The van der Waals surface area contributed by atoms with Crippen molar-refractivity contribution in [1.82, 2.24) is 0 Å². The predicted molar refractivity (Wildman–Crippen MR) is 96.1 cm³/mol. The lowest BCUT2D eigenvalue weighted by Gasteiger charge is -2.15. The van der Waals surface area contributed by atoms with Crippen molar-refractivity contribution in [2.75, 3.05) is 19.0 Å². The topological polar surface area (TPSA) is 33.6 Å². The number of rotatable bonds is 2. The summed E-state index contributed by atoms with van der Waals surface area (Å²) in [6.07, 6.45) is 0. The number of hydrogen-bond donors (Lipinski definition) is 1. The van der Waals surface area contributed by atoms with Crippen LogP contribution in [0.4, 0.5) is 14.5 Å². The number of nitrogens with zero attached hydrogens (tertiary/aromatic N) is 1. The first-order chi connectivity index (χ1) is 11.4. The molecule has 0 bridgehead atoms. The smallest absolute Gasteiger partial charge is 0.177 e. The number of aliphatic imine (C=N–C) groups is 1. The van der Waals surface area contributed by atoms with E-state index in [0.29, 0.717) is 10.7 Å². The van der Waals surface area contributed by atoms with Gasteiger partial charge in [-0.25, -0.2) is 8.78 Å². The normalized spacial score (nSPS) is 13.7. The first-order valence-electron chi connectivity index (χ1n) is 6.79. The fourth-order valence-corrected chi connectivity index (χ4v) is 3.00. The number of ether oxygens (including phenoxy) is 1. The molecule has 3 nitrogen and oxygen atoms in total. The zero-order valence-electron chi connectivity index (χ0n) is 12.3. The van der Waals surface area contributed by atoms with Gasteiger partial charge in [0.05, 0.1) is 35.0 Å². The molecule has 3 rings (SSSR count). The summed E-state index contributed by atoms with van der Waals surface area (Å²) in [5.41, 5.74) is 0.451. The molecule has 0 saturated carbocycles. The van der Waals surface area contributed by atoms with Crippen LogP contribution in [-0.2, 0) is 0 Å². The third-order valence-corrected chi connectivity index (χ3v) is 4.53. The van der Waals surface area contributed by atoms with Crippen LogP contribution in [0.3, 0.4) is 0 Å². The van der Waals surface area contributed by atoms with Crippen LogP contribution in [0, 0.1) is 11.6 Å². The average molecular weight is 387 g/mol. The molecule has 1 aliphatic rings. The fraction of sp³-hybridized carbons (Fsp3) is 0.125. The van der Waals surface area contributed by atoms with Gasteiger partial charge in [0.1, 0.15) is 10.8 Å². The molecule has 0 fully saturated rings. The van der Waals surface area contributed by atoms with Crippen LogP contribution in [-0.4, -0.2) is 24.4 Å². The molecule has 0 spiro atoms. The van der Waals surface area contributed by atoms with Gasteiger partial charge >= 0.3 is 0 Å². The van der Waals surface area contributed by atoms with Crippen molar-refractivity contribution >= 4 is 51.8 Å². The molecule has 0 radical (unpaired) electrons. The highest BCUT2D eigenvalue weighted by Crippen LogP contribution is 2.36. The van der Waals surface area contributed by atoms with Crippen LogP contribution in [0.1, 0.15) is 11.1 Å². The SMILES string of the molecule is COc1ccc(F)c(C2=NCC(=S)Nc3ccc(Cl)c(Cl)c32)c1F. The third kappa shape index (κ3) is 2.85. The Morgan fingerprint density at radius 1 is 1.17 bits per heavy atom. The van der Waals surface area contributed by atoms with E-state index in [1.807, 2.05) is 0 Å². The summed E-state index contributed by atoms with van der Waals surface area (Å²) in [6.45, 7) is 0.0589. The second-order valence-electron chi connectivity index (χ2n) is 4.94. The quantitative estimate of drug-likeness (QED) is 0.747. The minimum absolute atomic E-state index is 0.0266. The fourth-order valence-electron chi connectivity index (χ4n) is 2.42. The van der Waals surface area contributed by atoms with Crippen molar-refractivity contribution in [3.05, 3.63) is 57.1 Å². The van der Waals surface area contributed by atoms with E-state index < -0.39 is 11.6 Å². The van der Waals surface area contributed by atoms with Crippen LogP contribution in [0.25, 0.3) is 0 Å². The second-order valence-corrected chi connectivity index (χ2v) is 6.21. The number of halogens is 4. The summed E-state index contributed by atoms with van der Waals surface area (Å²) in [4.78, 5) is 4.65. The molecule has 0 aliphatic carbocycles. The lowest BCUT2D eigenvalue weighted by Crippen LogP contribution is -2.12. The Bertz CT molecular complexity index is 887. The van der Waals surface area contributed by atoms with Crippen LogP contribution in [0.2, 0.25) is 10.0 Å². The Kier molecular flexibility index (Phi) is 4.71. The van der Waals surface area contributed by atoms with Crippen LogP contribution < -0.4 is 10.1 Å². The molecule has 1 heterocycles. The molecular weight excluding hydrogens is 377 g/mol. The zero-order valence-corrected chi connectivity index (χ0v) is 14.6. The molecule has 24 heavy (non-hydrogen) atoms. The van der Waals surface area contributed by atoms with Gasteiger partial charge in [-0.2, -0.15) is 0 Å². The van der Waals surface area contributed by atoms with Gasteiger partial charge in [-0.05, 0) is 24.3 Å². The first-order valence-corrected chi connectivity index (χ1v) is 7.95. The van der Waals surface area contributed by atoms with E-state index in [1.165, 1.54) is 13.2 Å². The summed E-state index contributed by atoms with van der Waals surface area (Å²) in [6, 6.07) is 5.51. The van der Waals surface area contributed by atoms with Gasteiger partial charge in [-0.3, -0.25) is 4.99 Å². The molecule has 0 amide bonds. The number of hydrogen-bond acceptors (Lipinski definition) is 3. The summed E-state index contributed by atoms with van der Waals surface area (Å²) in [7, 11) is 1.30. The Morgan fingerprint density at radius 3 is 2.62 bits per heavy atom. The van der Waals surface area contributed by atoms with E-state index in [9.17, 15) is 8.78 Å². The molecule has 8 heteroatoms. The van der Waals surface area contributed by atoms with Crippen LogP contribution >= 0.6 is 35.4 Å². The van der Waals surface area contributed by atoms with Crippen molar-refractivity contribution in [1.29, 1.82) is 0 Å². The Balaban J connectivity index is 2.34. The summed E-state index contributed by atoms with van der Waals surface area (Å²) < 4.78 is 34.0. The van der Waals surface area contributed by atoms with E-state index in [4.69, 9.17) is 40.2 Å². The molecular formula is C16H10Cl2F2N2OS. The van der Waals surface area contributed by atoms with Crippen molar-refractivity contribution < 1.29 is 13.5 Å². The number of thiocarbonyl (C=S) groups is 1. The molecule has 124 valence electrons. The van der Waals surface area contributed by atoms with Gasteiger partial charge in [0.25, 0.3) is 0 Å².